The number of aryl methyl sites for hydroxylation is 1. The second-order valence-electron chi connectivity index (χ2n) is 6.23. The molecule has 136 valence electrons. The molecule has 0 aliphatic heterocycles. The van der Waals surface area contributed by atoms with Gasteiger partial charge in [-0.05, 0) is 36.6 Å². The minimum atomic E-state index is -0.417. The molecule has 0 fully saturated rings. The molecule has 2 atom stereocenters. The zero-order valence-corrected chi connectivity index (χ0v) is 15.6. The molecule has 2 heterocycles. The Labute approximate surface area is 156 Å². The molecule has 0 bridgehead atoms. The number of aromatic nitrogens is 2. The molecule has 1 aromatic carbocycles. The van der Waals surface area contributed by atoms with E-state index in [1.165, 1.54) is 6.26 Å². The van der Waals surface area contributed by atoms with Crippen molar-refractivity contribution < 1.29 is 13.7 Å². The summed E-state index contributed by atoms with van der Waals surface area (Å²) in [6.07, 6.45) is 2.29. The average Bonchev–Trinajstić information content (AvgIpc) is 3.33. The molecule has 0 aliphatic rings. The quantitative estimate of drug-likeness (QED) is 0.670. The lowest BCUT2D eigenvalue weighted by Crippen LogP contribution is -2.32. The molecule has 2 aromatic heterocycles. The Morgan fingerprint density at radius 2 is 2.15 bits per heavy atom. The molecule has 26 heavy (non-hydrogen) atoms. The second-order valence-corrected chi connectivity index (χ2v) is 6.64. The molecule has 3 rings (SSSR count). The number of carbonyl (C=O) groups is 1. The average molecular weight is 374 g/mol. The van der Waals surface area contributed by atoms with E-state index in [1.54, 1.807) is 18.2 Å². The molecule has 1 amide bonds. The fraction of sp³-hybridized carbons (Fsp3) is 0.316. The standard InChI is InChI=1S/C19H20ClN3O3/c1-4-11(2)16(21-18(24)15-6-5-9-25-15)19-22-17(23-26-19)13-8-7-12(3)14(20)10-13/h5-11,16H,4H2,1-3H3,(H,21,24)/t11-,16-/m1/s1. The van der Waals surface area contributed by atoms with Crippen LogP contribution in [-0.2, 0) is 0 Å². The Kier molecular flexibility index (Phi) is 5.42. The third-order valence-electron chi connectivity index (χ3n) is 4.38. The summed E-state index contributed by atoms with van der Waals surface area (Å²) >= 11 is 6.18. The highest BCUT2D eigenvalue weighted by Crippen LogP contribution is 2.28. The summed E-state index contributed by atoms with van der Waals surface area (Å²) in [5.74, 6) is 0.805. The van der Waals surface area contributed by atoms with Crippen LogP contribution in [0.1, 0.15) is 48.3 Å². The molecular weight excluding hydrogens is 354 g/mol. The predicted octanol–water partition coefficient (Wildman–Crippen LogP) is 4.81. The van der Waals surface area contributed by atoms with E-state index in [0.717, 1.165) is 17.5 Å². The largest absolute Gasteiger partial charge is 0.459 e. The molecule has 0 spiro atoms. The van der Waals surface area contributed by atoms with Crippen molar-refractivity contribution in [2.45, 2.75) is 33.2 Å². The summed E-state index contributed by atoms with van der Waals surface area (Å²) in [7, 11) is 0. The van der Waals surface area contributed by atoms with Gasteiger partial charge in [-0.1, -0.05) is 49.2 Å². The second kappa shape index (κ2) is 7.74. The lowest BCUT2D eigenvalue weighted by Gasteiger charge is -2.20. The van der Waals surface area contributed by atoms with Gasteiger partial charge in [0, 0.05) is 10.6 Å². The van der Waals surface area contributed by atoms with E-state index in [1.807, 2.05) is 32.9 Å². The number of amides is 1. The van der Waals surface area contributed by atoms with Crippen LogP contribution in [-0.4, -0.2) is 16.0 Å². The number of nitrogens with one attached hydrogen (secondary N) is 1. The van der Waals surface area contributed by atoms with E-state index in [0.29, 0.717) is 16.7 Å². The molecule has 6 nitrogen and oxygen atoms in total. The molecule has 3 aromatic rings. The lowest BCUT2D eigenvalue weighted by atomic mass is 9.99. The van der Waals surface area contributed by atoms with Gasteiger partial charge in [0.2, 0.25) is 11.7 Å². The maximum absolute atomic E-state index is 12.4. The number of hydrogen-bond donors (Lipinski definition) is 1. The number of carbonyl (C=O) groups excluding carboxylic acids is 1. The van der Waals surface area contributed by atoms with Crippen molar-refractivity contribution in [3.8, 4) is 11.4 Å². The van der Waals surface area contributed by atoms with Crippen LogP contribution in [0.4, 0.5) is 0 Å². The highest BCUT2D eigenvalue weighted by Gasteiger charge is 2.27. The molecule has 1 N–H and O–H groups in total. The topological polar surface area (TPSA) is 81.2 Å². The minimum absolute atomic E-state index is 0.101. The van der Waals surface area contributed by atoms with Gasteiger partial charge >= 0.3 is 0 Å². The van der Waals surface area contributed by atoms with Gasteiger partial charge in [-0.3, -0.25) is 4.79 Å². The van der Waals surface area contributed by atoms with Crippen LogP contribution in [0.15, 0.2) is 45.5 Å². The van der Waals surface area contributed by atoms with Crippen LogP contribution in [0.5, 0.6) is 0 Å². The summed E-state index contributed by atoms with van der Waals surface area (Å²) in [5, 5.41) is 7.60. The first-order chi connectivity index (χ1) is 12.5. The summed E-state index contributed by atoms with van der Waals surface area (Å²) in [6, 6.07) is 8.44. The third-order valence-corrected chi connectivity index (χ3v) is 4.79. The van der Waals surface area contributed by atoms with E-state index in [4.69, 9.17) is 20.5 Å². The van der Waals surface area contributed by atoms with E-state index >= 15 is 0 Å². The van der Waals surface area contributed by atoms with Crippen molar-refractivity contribution >= 4 is 17.5 Å². The first-order valence-electron chi connectivity index (χ1n) is 8.44. The van der Waals surface area contributed by atoms with Crippen molar-refractivity contribution in [2.24, 2.45) is 5.92 Å². The van der Waals surface area contributed by atoms with Gasteiger partial charge < -0.3 is 14.3 Å². The first-order valence-corrected chi connectivity index (χ1v) is 8.82. The molecular formula is C19H20ClN3O3. The van der Waals surface area contributed by atoms with E-state index in [9.17, 15) is 4.79 Å². The maximum atomic E-state index is 12.4. The van der Waals surface area contributed by atoms with Gasteiger partial charge in [0.05, 0.1) is 6.26 Å². The highest BCUT2D eigenvalue weighted by molar-refractivity contribution is 6.31. The fourth-order valence-electron chi connectivity index (χ4n) is 2.51. The Morgan fingerprint density at radius 1 is 1.35 bits per heavy atom. The normalized spacial score (nSPS) is 13.4. The number of furan rings is 1. The monoisotopic (exact) mass is 373 g/mol. The number of halogens is 1. The summed E-state index contributed by atoms with van der Waals surface area (Å²) in [5.41, 5.74) is 1.73. The summed E-state index contributed by atoms with van der Waals surface area (Å²) < 4.78 is 10.6. The van der Waals surface area contributed by atoms with Crippen LogP contribution in [0.25, 0.3) is 11.4 Å². The van der Waals surface area contributed by atoms with Gasteiger partial charge in [-0.2, -0.15) is 4.98 Å². The summed E-state index contributed by atoms with van der Waals surface area (Å²) in [6.45, 7) is 5.98. The van der Waals surface area contributed by atoms with E-state index < -0.39 is 6.04 Å². The van der Waals surface area contributed by atoms with Crippen molar-refractivity contribution in [1.29, 1.82) is 0 Å². The zero-order chi connectivity index (χ0) is 18.7. The van der Waals surface area contributed by atoms with Crippen LogP contribution < -0.4 is 5.32 Å². The van der Waals surface area contributed by atoms with Gasteiger partial charge in [0.25, 0.3) is 5.91 Å². The van der Waals surface area contributed by atoms with Crippen molar-refractivity contribution in [2.75, 3.05) is 0 Å². The number of nitrogens with zero attached hydrogens (tertiary/aromatic N) is 2. The van der Waals surface area contributed by atoms with E-state index in [2.05, 4.69) is 15.5 Å². The Morgan fingerprint density at radius 3 is 2.81 bits per heavy atom. The molecule has 0 saturated carbocycles. The van der Waals surface area contributed by atoms with E-state index in [-0.39, 0.29) is 17.6 Å². The smallest absolute Gasteiger partial charge is 0.287 e. The number of rotatable bonds is 6. The van der Waals surface area contributed by atoms with Crippen LogP contribution >= 0.6 is 11.6 Å². The SMILES string of the molecule is CC[C@@H](C)[C@@H](NC(=O)c1ccco1)c1nc(-c2ccc(C)c(Cl)c2)no1. The number of hydrogen-bond acceptors (Lipinski definition) is 5. The van der Waals surface area contributed by atoms with Crippen molar-refractivity contribution in [3.05, 3.63) is 58.8 Å². The van der Waals surface area contributed by atoms with Gasteiger partial charge in [-0.15, -0.1) is 0 Å². The van der Waals surface area contributed by atoms with Crippen LogP contribution in [0, 0.1) is 12.8 Å². The Balaban J connectivity index is 1.86. The Bertz CT molecular complexity index is 889. The predicted molar refractivity (Wildman–Crippen MR) is 97.9 cm³/mol. The first kappa shape index (κ1) is 18.2. The third kappa shape index (κ3) is 3.80. The van der Waals surface area contributed by atoms with Gasteiger partial charge in [0.1, 0.15) is 6.04 Å². The zero-order valence-electron chi connectivity index (χ0n) is 14.8. The molecule has 0 unspecified atom stereocenters. The maximum Gasteiger partial charge on any atom is 0.287 e. The Hall–Kier alpha value is -2.60. The molecule has 0 saturated heterocycles. The van der Waals surface area contributed by atoms with Gasteiger partial charge in [0.15, 0.2) is 5.76 Å². The van der Waals surface area contributed by atoms with Gasteiger partial charge in [-0.25, -0.2) is 0 Å². The minimum Gasteiger partial charge on any atom is -0.459 e. The van der Waals surface area contributed by atoms with Crippen molar-refractivity contribution in [1.82, 2.24) is 15.5 Å². The van der Waals surface area contributed by atoms with Crippen LogP contribution in [0.2, 0.25) is 5.02 Å². The van der Waals surface area contributed by atoms with Crippen LogP contribution in [0.3, 0.4) is 0 Å². The summed E-state index contributed by atoms with van der Waals surface area (Å²) in [4.78, 5) is 16.8. The van der Waals surface area contributed by atoms with Crippen molar-refractivity contribution in [3.63, 3.8) is 0 Å². The molecule has 0 aliphatic carbocycles. The number of benzene rings is 1. The molecule has 7 heteroatoms. The molecule has 0 radical (unpaired) electrons. The fourth-order valence-corrected chi connectivity index (χ4v) is 2.69. The highest BCUT2D eigenvalue weighted by atomic mass is 35.5. The lowest BCUT2D eigenvalue weighted by molar-refractivity contribution is 0.0882.